The molecule has 0 radical (unpaired) electrons. The molecule has 0 saturated heterocycles. The predicted octanol–water partition coefficient (Wildman–Crippen LogP) is 1.35. The molecule has 1 aliphatic carbocycles. The first-order chi connectivity index (χ1) is 9.70. The van der Waals surface area contributed by atoms with Gasteiger partial charge in [0.1, 0.15) is 18.1 Å². The molecule has 0 aromatic carbocycles. The number of rotatable bonds is 6. The maximum absolute atomic E-state index is 5.83. The van der Waals surface area contributed by atoms with E-state index in [9.17, 15) is 0 Å². The van der Waals surface area contributed by atoms with Crippen LogP contribution in [0.15, 0.2) is 18.3 Å². The minimum Gasteiger partial charge on any atom is -0.485 e. The van der Waals surface area contributed by atoms with Crippen LogP contribution >= 0.6 is 0 Å². The standard InChI is InChI=1S/C14H19N5O/c1-10-3-6-14(13(16-10)7-15-11-4-5-11)20-9-12-8-19(2)18-17-12/h3,6,8,11,15H,4-5,7,9H2,1-2H3. The molecule has 0 unspecified atom stereocenters. The third-order valence-electron chi connectivity index (χ3n) is 3.23. The Kier molecular flexibility index (Phi) is 3.64. The smallest absolute Gasteiger partial charge is 0.142 e. The average molecular weight is 273 g/mol. The van der Waals surface area contributed by atoms with Gasteiger partial charge in [0, 0.05) is 25.3 Å². The zero-order valence-electron chi connectivity index (χ0n) is 11.8. The summed E-state index contributed by atoms with van der Waals surface area (Å²) in [6.45, 7) is 3.16. The molecule has 0 atom stereocenters. The SMILES string of the molecule is Cc1ccc(OCc2cn(C)nn2)c(CNC2CC2)n1. The van der Waals surface area contributed by atoms with E-state index < -0.39 is 0 Å². The Bertz CT molecular complexity index is 591. The second-order valence-electron chi connectivity index (χ2n) is 5.22. The summed E-state index contributed by atoms with van der Waals surface area (Å²) in [6.07, 6.45) is 4.38. The van der Waals surface area contributed by atoms with Crippen molar-refractivity contribution in [2.75, 3.05) is 0 Å². The van der Waals surface area contributed by atoms with Gasteiger partial charge in [0.05, 0.1) is 11.9 Å². The monoisotopic (exact) mass is 273 g/mol. The van der Waals surface area contributed by atoms with E-state index in [0.717, 1.165) is 29.4 Å². The minimum absolute atomic E-state index is 0.412. The molecule has 20 heavy (non-hydrogen) atoms. The van der Waals surface area contributed by atoms with Gasteiger partial charge in [-0.05, 0) is 31.9 Å². The van der Waals surface area contributed by atoms with Gasteiger partial charge in [0.15, 0.2) is 0 Å². The first-order valence-electron chi connectivity index (χ1n) is 6.88. The number of hydrogen-bond donors (Lipinski definition) is 1. The van der Waals surface area contributed by atoms with Crippen molar-refractivity contribution in [2.24, 2.45) is 7.05 Å². The van der Waals surface area contributed by atoms with Crippen molar-refractivity contribution in [2.45, 2.75) is 39.0 Å². The van der Waals surface area contributed by atoms with Crippen LogP contribution in [0.5, 0.6) is 5.75 Å². The molecule has 2 aromatic heterocycles. The van der Waals surface area contributed by atoms with Crippen molar-refractivity contribution in [3.8, 4) is 5.75 Å². The predicted molar refractivity (Wildman–Crippen MR) is 74.2 cm³/mol. The van der Waals surface area contributed by atoms with Crippen molar-refractivity contribution in [1.29, 1.82) is 0 Å². The summed E-state index contributed by atoms with van der Waals surface area (Å²) in [5.74, 6) is 0.814. The normalized spacial score (nSPS) is 14.5. The molecule has 1 aliphatic rings. The first kappa shape index (κ1) is 13.1. The van der Waals surface area contributed by atoms with Gasteiger partial charge in [-0.1, -0.05) is 5.21 Å². The first-order valence-corrected chi connectivity index (χ1v) is 6.88. The average Bonchev–Trinajstić information content (AvgIpc) is 3.17. The Labute approximate surface area is 118 Å². The van der Waals surface area contributed by atoms with Gasteiger partial charge >= 0.3 is 0 Å². The lowest BCUT2D eigenvalue weighted by Crippen LogP contribution is -2.17. The van der Waals surface area contributed by atoms with Crippen LogP contribution in [0.2, 0.25) is 0 Å². The van der Waals surface area contributed by atoms with Crippen LogP contribution < -0.4 is 10.1 Å². The highest BCUT2D eigenvalue weighted by molar-refractivity contribution is 5.29. The quantitative estimate of drug-likeness (QED) is 0.860. The Hall–Kier alpha value is -1.95. The fraction of sp³-hybridized carbons (Fsp3) is 0.500. The summed E-state index contributed by atoms with van der Waals surface area (Å²) in [4.78, 5) is 4.56. The van der Waals surface area contributed by atoms with Gasteiger partial charge in [-0.25, -0.2) is 0 Å². The number of nitrogens with one attached hydrogen (secondary N) is 1. The summed E-state index contributed by atoms with van der Waals surface area (Å²) in [5, 5.41) is 11.4. The molecule has 1 fully saturated rings. The molecule has 1 saturated carbocycles. The van der Waals surface area contributed by atoms with Crippen LogP contribution in [0.25, 0.3) is 0 Å². The van der Waals surface area contributed by atoms with E-state index in [1.165, 1.54) is 12.8 Å². The second-order valence-corrected chi connectivity index (χ2v) is 5.22. The van der Waals surface area contributed by atoms with E-state index in [4.69, 9.17) is 4.74 Å². The summed E-state index contributed by atoms with van der Waals surface area (Å²) in [6, 6.07) is 4.60. The lowest BCUT2D eigenvalue weighted by molar-refractivity contribution is 0.295. The van der Waals surface area contributed by atoms with Gasteiger partial charge in [-0.3, -0.25) is 9.67 Å². The molecule has 0 aliphatic heterocycles. The Balaban J connectivity index is 1.66. The minimum atomic E-state index is 0.412. The lowest BCUT2D eigenvalue weighted by atomic mass is 10.2. The maximum atomic E-state index is 5.83. The molecule has 0 bridgehead atoms. The molecule has 6 heteroatoms. The second kappa shape index (κ2) is 5.58. The number of nitrogens with zero attached hydrogens (tertiary/aromatic N) is 4. The number of pyridine rings is 1. The third-order valence-corrected chi connectivity index (χ3v) is 3.23. The van der Waals surface area contributed by atoms with E-state index in [1.54, 1.807) is 4.68 Å². The topological polar surface area (TPSA) is 64.9 Å². The van der Waals surface area contributed by atoms with Crippen LogP contribution in [-0.2, 0) is 20.2 Å². The van der Waals surface area contributed by atoms with Gasteiger partial charge in [0.2, 0.25) is 0 Å². The van der Waals surface area contributed by atoms with Crippen LogP contribution in [0.1, 0.15) is 29.9 Å². The summed E-state index contributed by atoms with van der Waals surface area (Å²) < 4.78 is 7.49. The molecule has 3 rings (SSSR count). The Morgan fingerprint density at radius 2 is 2.25 bits per heavy atom. The van der Waals surface area contributed by atoms with Crippen molar-refractivity contribution < 1.29 is 4.74 Å². The fourth-order valence-corrected chi connectivity index (χ4v) is 2.00. The maximum Gasteiger partial charge on any atom is 0.142 e. The van der Waals surface area contributed by atoms with Gasteiger partial charge in [-0.15, -0.1) is 5.10 Å². The van der Waals surface area contributed by atoms with Crippen molar-refractivity contribution in [1.82, 2.24) is 25.3 Å². The van der Waals surface area contributed by atoms with Crippen LogP contribution in [0, 0.1) is 6.92 Å². The van der Waals surface area contributed by atoms with Gasteiger partial charge in [0.25, 0.3) is 0 Å². The zero-order chi connectivity index (χ0) is 13.9. The van der Waals surface area contributed by atoms with E-state index in [-0.39, 0.29) is 0 Å². The molecular weight excluding hydrogens is 254 g/mol. The molecule has 0 amide bonds. The summed E-state index contributed by atoms with van der Waals surface area (Å²) >= 11 is 0. The Morgan fingerprint density at radius 3 is 2.95 bits per heavy atom. The van der Waals surface area contributed by atoms with Crippen LogP contribution in [0.3, 0.4) is 0 Å². The fourth-order valence-electron chi connectivity index (χ4n) is 2.00. The van der Waals surface area contributed by atoms with E-state index in [1.807, 2.05) is 32.3 Å². The van der Waals surface area contributed by atoms with Gasteiger partial charge < -0.3 is 10.1 Å². The number of ether oxygens (including phenoxy) is 1. The zero-order valence-corrected chi connectivity index (χ0v) is 11.8. The largest absolute Gasteiger partial charge is 0.485 e. The molecule has 1 N–H and O–H groups in total. The highest BCUT2D eigenvalue weighted by Crippen LogP contribution is 2.22. The van der Waals surface area contributed by atoms with Crippen LogP contribution in [-0.4, -0.2) is 26.0 Å². The number of hydrogen-bond acceptors (Lipinski definition) is 5. The van der Waals surface area contributed by atoms with E-state index >= 15 is 0 Å². The number of aryl methyl sites for hydroxylation is 2. The summed E-state index contributed by atoms with van der Waals surface area (Å²) in [5.41, 5.74) is 2.78. The van der Waals surface area contributed by atoms with E-state index in [2.05, 4.69) is 20.6 Å². The number of aromatic nitrogens is 4. The molecule has 0 spiro atoms. The van der Waals surface area contributed by atoms with Crippen molar-refractivity contribution in [3.63, 3.8) is 0 Å². The third kappa shape index (κ3) is 3.33. The van der Waals surface area contributed by atoms with Crippen molar-refractivity contribution >= 4 is 0 Å². The lowest BCUT2D eigenvalue weighted by Gasteiger charge is -2.11. The molecule has 106 valence electrons. The molecule has 2 heterocycles. The van der Waals surface area contributed by atoms with Gasteiger partial charge in [-0.2, -0.15) is 0 Å². The summed E-state index contributed by atoms with van der Waals surface area (Å²) in [7, 11) is 1.84. The van der Waals surface area contributed by atoms with Crippen molar-refractivity contribution in [3.05, 3.63) is 35.4 Å². The Morgan fingerprint density at radius 1 is 1.40 bits per heavy atom. The molecular formula is C14H19N5O. The van der Waals surface area contributed by atoms with E-state index in [0.29, 0.717) is 12.6 Å². The molecule has 6 nitrogen and oxygen atoms in total. The highest BCUT2D eigenvalue weighted by atomic mass is 16.5. The van der Waals surface area contributed by atoms with Crippen LogP contribution in [0.4, 0.5) is 0 Å². The molecule has 2 aromatic rings. The highest BCUT2D eigenvalue weighted by Gasteiger charge is 2.21.